The van der Waals surface area contributed by atoms with Crippen molar-refractivity contribution in [2.24, 2.45) is 0 Å². The quantitative estimate of drug-likeness (QED) is 0.693. The Balaban J connectivity index is 0.00000162. The van der Waals surface area contributed by atoms with E-state index < -0.39 is 0 Å². The molecule has 0 aromatic heterocycles. The molecule has 96 valence electrons. The molecule has 0 saturated heterocycles. The van der Waals surface area contributed by atoms with Crippen molar-refractivity contribution in [3.05, 3.63) is 58.7 Å². The van der Waals surface area contributed by atoms with Crippen molar-refractivity contribution in [2.75, 3.05) is 0 Å². The first-order valence-corrected chi connectivity index (χ1v) is 7.20. The molecular formula is C16H20ClP. The first-order chi connectivity index (χ1) is 8.02. The fraction of sp³-hybridized carbons (Fsp3) is 0.250. The molecule has 0 atom stereocenters. The number of hydrogen-bond acceptors (Lipinski definition) is 0. The molecular weight excluding hydrogens is 259 g/mol. The van der Waals surface area contributed by atoms with E-state index in [0.717, 1.165) is 0 Å². The molecule has 0 fully saturated rings. The van der Waals surface area contributed by atoms with Gasteiger partial charge in [0.05, 0.1) is 19.2 Å². The minimum absolute atomic E-state index is 0. The van der Waals surface area contributed by atoms with Gasteiger partial charge in [-0.2, -0.15) is 0 Å². The Morgan fingerprint density at radius 1 is 0.556 bits per heavy atom. The number of rotatable bonds is 2. The summed E-state index contributed by atoms with van der Waals surface area (Å²) < 4.78 is 0. The largest absolute Gasteiger partial charge is 1.00 e. The molecule has 2 aromatic carbocycles. The molecule has 0 radical (unpaired) electrons. The molecule has 0 aliphatic rings. The highest BCUT2D eigenvalue weighted by atomic mass is 35.5. The maximum absolute atomic E-state index is 2.32. The highest BCUT2D eigenvalue weighted by Crippen LogP contribution is 2.15. The second kappa shape index (κ2) is 6.36. The van der Waals surface area contributed by atoms with Crippen LogP contribution in [0.4, 0.5) is 0 Å². The van der Waals surface area contributed by atoms with Crippen LogP contribution in [0.3, 0.4) is 0 Å². The van der Waals surface area contributed by atoms with Gasteiger partial charge in [0, 0.05) is 0 Å². The van der Waals surface area contributed by atoms with Crippen LogP contribution in [0.25, 0.3) is 0 Å². The first kappa shape index (κ1) is 15.2. The Bertz CT molecular complexity index is 457. The van der Waals surface area contributed by atoms with Gasteiger partial charge < -0.3 is 12.4 Å². The second-order valence-corrected chi connectivity index (χ2v) is 6.61. The molecule has 0 nitrogen and oxygen atoms in total. The topological polar surface area (TPSA) is 0 Å². The summed E-state index contributed by atoms with van der Waals surface area (Å²) in [6.07, 6.45) is 0. The van der Waals surface area contributed by atoms with E-state index >= 15 is 0 Å². The summed E-state index contributed by atoms with van der Waals surface area (Å²) in [6, 6.07) is 13.8. The van der Waals surface area contributed by atoms with Crippen LogP contribution in [-0.2, 0) is 0 Å². The van der Waals surface area contributed by atoms with Crippen molar-refractivity contribution in [2.45, 2.75) is 27.7 Å². The lowest BCUT2D eigenvalue weighted by molar-refractivity contribution is -0.00000365. The average molecular weight is 279 g/mol. The Labute approximate surface area is 118 Å². The lowest BCUT2D eigenvalue weighted by Crippen LogP contribution is -3.00. The number of aryl methyl sites for hydroxylation is 4. The van der Waals surface area contributed by atoms with Gasteiger partial charge in [-0.05, 0) is 74.2 Å². The van der Waals surface area contributed by atoms with Gasteiger partial charge in [0.1, 0.15) is 0 Å². The molecule has 2 aromatic rings. The monoisotopic (exact) mass is 278 g/mol. The van der Waals surface area contributed by atoms with Gasteiger partial charge >= 0.3 is 0 Å². The molecule has 18 heavy (non-hydrogen) atoms. The smallest absolute Gasteiger partial charge is 0.0947 e. The zero-order valence-corrected chi connectivity index (χ0v) is 13.3. The van der Waals surface area contributed by atoms with Crippen LogP contribution in [0.15, 0.2) is 36.4 Å². The Kier molecular flexibility index (Phi) is 5.38. The number of hydrogen-bond donors (Lipinski definition) is 0. The fourth-order valence-electron chi connectivity index (χ4n) is 2.38. The van der Waals surface area contributed by atoms with Crippen LogP contribution in [0, 0.1) is 27.7 Å². The highest BCUT2D eigenvalue weighted by Gasteiger charge is 2.06. The van der Waals surface area contributed by atoms with Gasteiger partial charge in [-0.15, -0.1) is 0 Å². The van der Waals surface area contributed by atoms with Gasteiger partial charge in [-0.25, -0.2) is 0 Å². The summed E-state index contributed by atoms with van der Waals surface area (Å²) >= 11 is 0. The van der Waals surface area contributed by atoms with E-state index in [2.05, 4.69) is 64.1 Å². The lowest BCUT2D eigenvalue weighted by atomic mass is 10.2. The summed E-state index contributed by atoms with van der Waals surface area (Å²) in [7, 11) is 0.221. The third-order valence-electron chi connectivity index (χ3n) is 2.82. The van der Waals surface area contributed by atoms with Gasteiger partial charge in [0.15, 0.2) is 0 Å². The minimum Gasteiger partial charge on any atom is -1.00 e. The maximum Gasteiger partial charge on any atom is 0.0947 e. The van der Waals surface area contributed by atoms with Gasteiger partial charge in [-0.3, -0.25) is 0 Å². The van der Waals surface area contributed by atoms with E-state index in [-0.39, 0.29) is 21.0 Å². The van der Waals surface area contributed by atoms with E-state index in [9.17, 15) is 0 Å². The highest BCUT2D eigenvalue weighted by molar-refractivity contribution is 7.55. The summed E-state index contributed by atoms with van der Waals surface area (Å²) in [5.41, 5.74) is 5.49. The van der Waals surface area contributed by atoms with Crippen molar-refractivity contribution in [1.29, 1.82) is 0 Å². The SMILES string of the molecule is Cc1cc(C)cc([PH2+]c2cc(C)cc(C)c2)c1.[Cl-]. The molecule has 0 amide bonds. The van der Waals surface area contributed by atoms with Gasteiger partial charge in [-0.1, -0.05) is 12.1 Å². The standard InChI is InChI=1S/C16H19P.ClH/c1-11-5-12(2)8-15(7-11)17-16-9-13(3)6-14(4)10-16;/h5-10,17H,1-4H3;1H. The summed E-state index contributed by atoms with van der Waals surface area (Å²) in [4.78, 5) is 0. The van der Waals surface area contributed by atoms with Gasteiger partial charge in [0.25, 0.3) is 0 Å². The summed E-state index contributed by atoms with van der Waals surface area (Å²) in [5.74, 6) is 0. The van der Waals surface area contributed by atoms with Gasteiger partial charge in [0.2, 0.25) is 0 Å². The second-order valence-electron chi connectivity index (χ2n) is 4.99. The van der Waals surface area contributed by atoms with Crippen molar-refractivity contribution in [3.63, 3.8) is 0 Å². The normalized spacial score (nSPS) is 10.0. The van der Waals surface area contributed by atoms with Crippen molar-refractivity contribution in [3.8, 4) is 0 Å². The van der Waals surface area contributed by atoms with E-state index in [1.165, 1.54) is 32.9 Å². The third-order valence-corrected chi connectivity index (χ3v) is 4.15. The van der Waals surface area contributed by atoms with E-state index in [1.54, 1.807) is 0 Å². The molecule has 0 saturated carbocycles. The zero-order chi connectivity index (χ0) is 12.4. The third kappa shape index (κ3) is 4.12. The average Bonchev–Trinajstić information content (AvgIpc) is 2.13. The zero-order valence-electron chi connectivity index (χ0n) is 11.4. The number of halogens is 1. The summed E-state index contributed by atoms with van der Waals surface area (Å²) in [5, 5.41) is 2.99. The van der Waals surface area contributed by atoms with Crippen LogP contribution >= 0.6 is 8.58 Å². The van der Waals surface area contributed by atoms with Crippen molar-refractivity contribution in [1.82, 2.24) is 0 Å². The van der Waals surface area contributed by atoms with Crippen molar-refractivity contribution < 1.29 is 12.4 Å². The maximum atomic E-state index is 2.32. The molecule has 0 N–H and O–H groups in total. The van der Waals surface area contributed by atoms with Crippen LogP contribution in [0.1, 0.15) is 22.3 Å². The summed E-state index contributed by atoms with van der Waals surface area (Å²) in [6.45, 7) is 8.71. The molecule has 2 rings (SSSR count). The Hall–Kier alpha value is -0.840. The molecule has 0 aliphatic carbocycles. The van der Waals surface area contributed by atoms with Crippen LogP contribution in [0.2, 0.25) is 0 Å². The van der Waals surface area contributed by atoms with Crippen LogP contribution in [-0.4, -0.2) is 0 Å². The number of benzene rings is 2. The van der Waals surface area contributed by atoms with Crippen LogP contribution < -0.4 is 23.0 Å². The Morgan fingerprint density at radius 2 is 0.833 bits per heavy atom. The minimum atomic E-state index is 0. The molecule has 0 bridgehead atoms. The molecule has 2 heteroatoms. The lowest BCUT2D eigenvalue weighted by Gasteiger charge is -2.02. The fourth-order valence-corrected chi connectivity index (χ4v) is 4.15. The molecule has 0 aliphatic heterocycles. The predicted molar refractivity (Wildman–Crippen MR) is 80.8 cm³/mol. The van der Waals surface area contributed by atoms with E-state index in [0.29, 0.717) is 0 Å². The van der Waals surface area contributed by atoms with Crippen molar-refractivity contribution >= 4 is 19.2 Å². The van der Waals surface area contributed by atoms with E-state index in [4.69, 9.17) is 0 Å². The first-order valence-electron chi connectivity index (χ1n) is 6.04. The Morgan fingerprint density at radius 3 is 1.11 bits per heavy atom. The van der Waals surface area contributed by atoms with Crippen LogP contribution in [0.5, 0.6) is 0 Å². The molecule has 0 unspecified atom stereocenters. The molecule has 0 heterocycles. The predicted octanol–water partition coefficient (Wildman–Crippen LogP) is 0.286. The molecule has 0 spiro atoms. The van der Waals surface area contributed by atoms with E-state index in [1.807, 2.05) is 0 Å².